The van der Waals surface area contributed by atoms with Crippen LogP contribution in [0.2, 0.25) is 0 Å². The molecule has 1 heteroatoms. The minimum Gasteiger partial charge on any atom is -0.396 e. The van der Waals surface area contributed by atoms with Gasteiger partial charge in [-0.15, -0.1) is 0 Å². The van der Waals surface area contributed by atoms with Gasteiger partial charge in [0.15, 0.2) is 0 Å². The summed E-state index contributed by atoms with van der Waals surface area (Å²) in [5.74, 6) is 0. The second kappa shape index (κ2) is 13.4. The largest absolute Gasteiger partial charge is 0.396 e. The number of unbranched alkanes of at least 4 members (excludes halogenated alkanes) is 5. The Balaban J connectivity index is 3.01. The van der Waals surface area contributed by atoms with Crippen molar-refractivity contribution in [1.29, 1.82) is 0 Å². The second-order valence-corrected chi connectivity index (χ2v) is 3.85. The molecule has 0 saturated carbocycles. The van der Waals surface area contributed by atoms with Crippen molar-refractivity contribution >= 4 is 0 Å². The highest BCUT2D eigenvalue weighted by Gasteiger charge is 1.87. The van der Waals surface area contributed by atoms with Crippen LogP contribution in [0.3, 0.4) is 0 Å². The molecule has 0 bridgehead atoms. The smallest absolute Gasteiger partial charge is 0.0465 e. The van der Waals surface area contributed by atoms with Gasteiger partial charge >= 0.3 is 0 Å². The van der Waals surface area contributed by atoms with Crippen LogP contribution in [0.25, 0.3) is 0 Å². The van der Waals surface area contributed by atoms with Gasteiger partial charge < -0.3 is 5.11 Å². The predicted octanol–water partition coefficient (Wildman–Crippen LogP) is 4.23. The standard InChI is InChI=1S/C14H26O/c1-2-3-4-5-6-7-8-9-10-11-12-13-14-15/h3-4,11-12,15H,2,5-10,13-14H2,1H3/b4-3+,12-11+. The Kier molecular flexibility index (Phi) is 12.9. The Hall–Kier alpha value is -0.560. The van der Waals surface area contributed by atoms with Crippen molar-refractivity contribution < 1.29 is 5.11 Å². The molecule has 1 nitrogen and oxygen atoms in total. The molecule has 0 aliphatic carbocycles. The molecule has 15 heavy (non-hydrogen) atoms. The summed E-state index contributed by atoms with van der Waals surface area (Å²) in [6.45, 7) is 2.45. The fourth-order valence-electron chi connectivity index (χ4n) is 1.47. The maximum absolute atomic E-state index is 8.55. The molecular formula is C14H26O. The number of hydrogen-bond acceptors (Lipinski definition) is 1. The molecule has 0 spiro atoms. The van der Waals surface area contributed by atoms with Crippen molar-refractivity contribution in [2.45, 2.75) is 58.3 Å². The van der Waals surface area contributed by atoms with Crippen LogP contribution in [-0.2, 0) is 0 Å². The van der Waals surface area contributed by atoms with Crippen LogP contribution in [0.5, 0.6) is 0 Å². The highest BCUT2D eigenvalue weighted by Crippen LogP contribution is 2.06. The first kappa shape index (κ1) is 14.4. The van der Waals surface area contributed by atoms with E-state index in [0.717, 1.165) is 12.8 Å². The average molecular weight is 210 g/mol. The van der Waals surface area contributed by atoms with Crippen molar-refractivity contribution in [3.05, 3.63) is 24.3 Å². The fraction of sp³-hybridized carbons (Fsp3) is 0.714. The number of hydrogen-bond donors (Lipinski definition) is 1. The van der Waals surface area contributed by atoms with Gasteiger partial charge in [0.2, 0.25) is 0 Å². The van der Waals surface area contributed by atoms with Gasteiger partial charge in [0.25, 0.3) is 0 Å². The van der Waals surface area contributed by atoms with Crippen LogP contribution in [0.4, 0.5) is 0 Å². The van der Waals surface area contributed by atoms with E-state index in [4.69, 9.17) is 5.11 Å². The molecule has 0 radical (unpaired) electrons. The molecule has 0 fully saturated rings. The summed E-state index contributed by atoms with van der Waals surface area (Å²) in [4.78, 5) is 0. The van der Waals surface area contributed by atoms with Crippen LogP contribution in [-0.4, -0.2) is 11.7 Å². The summed E-state index contributed by atoms with van der Waals surface area (Å²) in [5.41, 5.74) is 0. The molecule has 0 amide bonds. The van der Waals surface area contributed by atoms with Crippen molar-refractivity contribution in [1.82, 2.24) is 0 Å². The average Bonchev–Trinajstić information content (AvgIpc) is 2.26. The maximum Gasteiger partial charge on any atom is 0.0465 e. The number of allylic oxidation sites excluding steroid dienone is 3. The van der Waals surface area contributed by atoms with E-state index in [1.54, 1.807) is 0 Å². The van der Waals surface area contributed by atoms with Crippen LogP contribution < -0.4 is 0 Å². The van der Waals surface area contributed by atoms with E-state index in [0.29, 0.717) is 0 Å². The van der Waals surface area contributed by atoms with Gasteiger partial charge in [-0.05, 0) is 38.5 Å². The van der Waals surface area contributed by atoms with Crippen molar-refractivity contribution in [2.75, 3.05) is 6.61 Å². The molecule has 0 rings (SSSR count). The molecule has 0 aliphatic rings. The van der Waals surface area contributed by atoms with E-state index >= 15 is 0 Å². The van der Waals surface area contributed by atoms with E-state index in [-0.39, 0.29) is 6.61 Å². The summed E-state index contributed by atoms with van der Waals surface area (Å²) < 4.78 is 0. The van der Waals surface area contributed by atoms with Crippen LogP contribution in [0.1, 0.15) is 58.3 Å². The van der Waals surface area contributed by atoms with E-state index in [9.17, 15) is 0 Å². The summed E-state index contributed by atoms with van der Waals surface area (Å²) in [6, 6.07) is 0. The molecule has 0 heterocycles. The van der Waals surface area contributed by atoms with E-state index in [1.807, 2.05) is 0 Å². The minimum absolute atomic E-state index is 0.278. The number of aliphatic hydroxyl groups is 1. The Labute approximate surface area is 94.9 Å². The molecule has 0 saturated heterocycles. The predicted molar refractivity (Wildman–Crippen MR) is 68.0 cm³/mol. The quantitative estimate of drug-likeness (QED) is 0.422. The van der Waals surface area contributed by atoms with E-state index in [2.05, 4.69) is 31.2 Å². The first-order valence-electron chi connectivity index (χ1n) is 6.32. The normalized spacial score (nSPS) is 11.9. The Bertz CT molecular complexity index is 159. The monoisotopic (exact) mass is 210 g/mol. The molecular weight excluding hydrogens is 184 g/mol. The van der Waals surface area contributed by atoms with Crippen LogP contribution in [0.15, 0.2) is 24.3 Å². The molecule has 0 aliphatic heterocycles. The summed E-state index contributed by atoms with van der Waals surface area (Å²) >= 11 is 0. The molecule has 0 atom stereocenters. The van der Waals surface area contributed by atoms with Gasteiger partial charge in [-0.25, -0.2) is 0 Å². The van der Waals surface area contributed by atoms with Crippen molar-refractivity contribution in [3.63, 3.8) is 0 Å². The third-order valence-electron chi connectivity index (χ3n) is 2.36. The van der Waals surface area contributed by atoms with Gasteiger partial charge in [-0.3, -0.25) is 0 Å². The zero-order valence-corrected chi connectivity index (χ0v) is 10.1. The number of aliphatic hydroxyl groups excluding tert-OH is 1. The van der Waals surface area contributed by atoms with Crippen LogP contribution in [0, 0.1) is 0 Å². The molecule has 1 N–H and O–H groups in total. The van der Waals surface area contributed by atoms with Crippen molar-refractivity contribution in [2.24, 2.45) is 0 Å². The van der Waals surface area contributed by atoms with Crippen LogP contribution >= 0.6 is 0 Å². The summed E-state index contributed by atoms with van der Waals surface area (Å²) in [6.07, 6.45) is 18.5. The fourth-order valence-corrected chi connectivity index (χ4v) is 1.47. The van der Waals surface area contributed by atoms with Gasteiger partial charge in [0.1, 0.15) is 0 Å². The molecule has 0 unspecified atom stereocenters. The zero-order valence-electron chi connectivity index (χ0n) is 10.1. The molecule has 0 aromatic carbocycles. The Morgan fingerprint density at radius 2 is 1.27 bits per heavy atom. The Morgan fingerprint density at radius 1 is 0.733 bits per heavy atom. The third kappa shape index (κ3) is 13.4. The van der Waals surface area contributed by atoms with Crippen molar-refractivity contribution in [3.8, 4) is 0 Å². The van der Waals surface area contributed by atoms with E-state index < -0.39 is 0 Å². The van der Waals surface area contributed by atoms with Gasteiger partial charge in [-0.2, -0.15) is 0 Å². The SMILES string of the molecule is CC/C=C/CCCCCC/C=C/CCO. The van der Waals surface area contributed by atoms with Gasteiger partial charge in [0, 0.05) is 6.61 Å². The summed E-state index contributed by atoms with van der Waals surface area (Å²) in [5, 5.41) is 8.55. The van der Waals surface area contributed by atoms with Gasteiger partial charge in [0.05, 0.1) is 0 Å². The third-order valence-corrected chi connectivity index (χ3v) is 2.36. The van der Waals surface area contributed by atoms with E-state index in [1.165, 1.54) is 38.5 Å². The maximum atomic E-state index is 8.55. The molecule has 0 aromatic heterocycles. The molecule has 88 valence electrons. The summed E-state index contributed by atoms with van der Waals surface area (Å²) in [7, 11) is 0. The first-order chi connectivity index (χ1) is 7.41. The highest BCUT2D eigenvalue weighted by atomic mass is 16.2. The number of rotatable bonds is 10. The second-order valence-electron chi connectivity index (χ2n) is 3.85. The lowest BCUT2D eigenvalue weighted by atomic mass is 10.1. The van der Waals surface area contributed by atoms with Gasteiger partial charge in [-0.1, -0.05) is 44.1 Å². The topological polar surface area (TPSA) is 20.2 Å². The minimum atomic E-state index is 0.278. The zero-order chi connectivity index (χ0) is 11.2. The highest BCUT2D eigenvalue weighted by molar-refractivity contribution is 4.81. The Morgan fingerprint density at radius 3 is 1.80 bits per heavy atom. The lowest BCUT2D eigenvalue weighted by Gasteiger charge is -1.96. The lowest BCUT2D eigenvalue weighted by Crippen LogP contribution is -1.78. The molecule has 0 aromatic rings. The first-order valence-corrected chi connectivity index (χ1v) is 6.32. The lowest BCUT2D eigenvalue weighted by molar-refractivity contribution is 0.302.